The van der Waals surface area contributed by atoms with E-state index in [1.807, 2.05) is 6.07 Å². The SMILES string of the molecule is COc1cc(CCN)c(OC)cc1CO. The molecule has 0 atom stereocenters. The molecule has 1 aromatic carbocycles. The fourth-order valence-electron chi connectivity index (χ4n) is 1.50. The van der Waals surface area contributed by atoms with Crippen molar-refractivity contribution in [2.24, 2.45) is 5.73 Å². The number of hydrogen-bond acceptors (Lipinski definition) is 4. The van der Waals surface area contributed by atoms with Crippen LogP contribution in [0, 0.1) is 0 Å². The summed E-state index contributed by atoms with van der Waals surface area (Å²) in [5, 5.41) is 9.13. The third-order valence-electron chi connectivity index (χ3n) is 2.27. The van der Waals surface area contributed by atoms with Crippen molar-refractivity contribution in [3.05, 3.63) is 23.3 Å². The van der Waals surface area contributed by atoms with Gasteiger partial charge in [-0.15, -0.1) is 0 Å². The first-order valence-corrected chi connectivity index (χ1v) is 4.81. The van der Waals surface area contributed by atoms with Gasteiger partial charge in [-0.25, -0.2) is 0 Å². The van der Waals surface area contributed by atoms with Gasteiger partial charge in [0.15, 0.2) is 0 Å². The Balaban J connectivity index is 3.15. The van der Waals surface area contributed by atoms with Crippen LogP contribution < -0.4 is 15.2 Å². The van der Waals surface area contributed by atoms with Crippen LogP contribution in [0.25, 0.3) is 0 Å². The number of aliphatic hydroxyl groups is 1. The Morgan fingerprint density at radius 1 is 1.13 bits per heavy atom. The fourth-order valence-corrected chi connectivity index (χ4v) is 1.50. The van der Waals surface area contributed by atoms with E-state index in [1.165, 1.54) is 0 Å². The summed E-state index contributed by atoms with van der Waals surface area (Å²) in [5.41, 5.74) is 7.21. The van der Waals surface area contributed by atoms with Crippen LogP contribution >= 0.6 is 0 Å². The van der Waals surface area contributed by atoms with E-state index in [0.717, 1.165) is 23.3 Å². The predicted octanol–water partition coefficient (Wildman–Crippen LogP) is 0.697. The molecule has 0 heterocycles. The average Bonchev–Trinajstić information content (AvgIpc) is 2.28. The molecule has 1 rings (SSSR count). The van der Waals surface area contributed by atoms with E-state index in [-0.39, 0.29) is 6.61 Å². The van der Waals surface area contributed by atoms with E-state index in [0.29, 0.717) is 12.3 Å². The number of rotatable bonds is 5. The quantitative estimate of drug-likeness (QED) is 0.752. The lowest BCUT2D eigenvalue weighted by Crippen LogP contribution is -2.05. The highest BCUT2D eigenvalue weighted by atomic mass is 16.5. The molecule has 0 fully saturated rings. The Morgan fingerprint density at radius 3 is 2.13 bits per heavy atom. The number of ether oxygens (including phenoxy) is 2. The van der Waals surface area contributed by atoms with Crippen LogP contribution in [0.3, 0.4) is 0 Å². The van der Waals surface area contributed by atoms with Crippen LogP contribution in [0.5, 0.6) is 11.5 Å². The van der Waals surface area contributed by atoms with Gasteiger partial charge < -0.3 is 20.3 Å². The molecular formula is C11H17NO3. The van der Waals surface area contributed by atoms with Gasteiger partial charge in [0, 0.05) is 5.56 Å². The summed E-state index contributed by atoms with van der Waals surface area (Å²) in [6.07, 6.45) is 0.727. The van der Waals surface area contributed by atoms with Gasteiger partial charge in [-0.05, 0) is 30.7 Å². The third kappa shape index (κ3) is 2.61. The molecule has 0 saturated heterocycles. The topological polar surface area (TPSA) is 64.7 Å². The van der Waals surface area contributed by atoms with Gasteiger partial charge in [-0.1, -0.05) is 0 Å². The molecule has 0 bridgehead atoms. The Labute approximate surface area is 89.6 Å². The van der Waals surface area contributed by atoms with E-state index in [2.05, 4.69) is 0 Å². The molecule has 0 aromatic heterocycles. The molecule has 84 valence electrons. The van der Waals surface area contributed by atoms with Gasteiger partial charge in [0.2, 0.25) is 0 Å². The highest BCUT2D eigenvalue weighted by Gasteiger charge is 2.09. The lowest BCUT2D eigenvalue weighted by atomic mass is 10.1. The van der Waals surface area contributed by atoms with Gasteiger partial charge in [-0.2, -0.15) is 0 Å². The summed E-state index contributed by atoms with van der Waals surface area (Å²) in [6, 6.07) is 3.64. The first-order valence-electron chi connectivity index (χ1n) is 4.81. The molecule has 4 nitrogen and oxygen atoms in total. The van der Waals surface area contributed by atoms with Gasteiger partial charge in [0.05, 0.1) is 20.8 Å². The Morgan fingerprint density at radius 2 is 1.67 bits per heavy atom. The maximum Gasteiger partial charge on any atom is 0.124 e. The minimum Gasteiger partial charge on any atom is -0.496 e. The number of nitrogens with two attached hydrogens (primary N) is 1. The molecule has 0 unspecified atom stereocenters. The maximum absolute atomic E-state index is 9.13. The van der Waals surface area contributed by atoms with E-state index >= 15 is 0 Å². The molecule has 0 saturated carbocycles. The number of benzene rings is 1. The number of aliphatic hydroxyl groups excluding tert-OH is 1. The fraction of sp³-hybridized carbons (Fsp3) is 0.455. The second-order valence-corrected chi connectivity index (χ2v) is 3.17. The molecule has 0 spiro atoms. The van der Waals surface area contributed by atoms with Gasteiger partial charge >= 0.3 is 0 Å². The molecule has 0 aliphatic heterocycles. The summed E-state index contributed by atoms with van der Waals surface area (Å²) < 4.78 is 10.4. The first-order chi connectivity index (χ1) is 7.26. The monoisotopic (exact) mass is 211 g/mol. The molecule has 0 aliphatic carbocycles. The van der Waals surface area contributed by atoms with Crippen molar-refractivity contribution in [1.82, 2.24) is 0 Å². The lowest BCUT2D eigenvalue weighted by Gasteiger charge is -2.13. The van der Waals surface area contributed by atoms with Crippen LogP contribution in [0.4, 0.5) is 0 Å². The normalized spacial score (nSPS) is 10.1. The van der Waals surface area contributed by atoms with Crippen molar-refractivity contribution >= 4 is 0 Å². The molecule has 0 radical (unpaired) electrons. The summed E-state index contributed by atoms with van der Waals surface area (Å²) in [5.74, 6) is 1.41. The number of methoxy groups -OCH3 is 2. The zero-order valence-electron chi connectivity index (χ0n) is 9.12. The Kier molecular flexibility index (Phi) is 4.39. The lowest BCUT2D eigenvalue weighted by molar-refractivity contribution is 0.272. The minimum absolute atomic E-state index is 0.0670. The summed E-state index contributed by atoms with van der Waals surface area (Å²) >= 11 is 0. The van der Waals surface area contributed by atoms with Crippen molar-refractivity contribution in [2.45, 2.75) is 13.0 Å². The van der Waals surface area contributed by atoms with E-state index in [4.69, 9.17) is 20.3 Å². The van der Waals surface area contributed by atoms with Crippen LogP contribution in [0.1, 0.15) is 11.1 Å². The second-order valence-electron chi connectivity index (χ2n) is 3.17. The predicted molar refractivity (Wildman–Crippen MR) is 58.2 cm³/mol. The highest BCUT2D eigenvalue weighted by Crippen LogP contribution is 2.28. The van der Waals surface area contributed by atoms with Gasteiger partial charge in [0.1, 0.15) is 11.5 Å². The zero-order chi connectivity index (χ0) is 11.3. The molecular weight excluding hydrogens is 194 g/mol. The molecule has 0 aliphatic rings. The van der Waals surface area contributed by atoms with Crippen molar-refractivity contribution < 1.29 is 14.6 Å². The first kappa shape index (κ1) is 11.8. The van der Waals surface area contributed by atoms with Crippen LogP contribution in [-0.2, 0) is 13.0 Å². The second kappa shape index (κ2) is 5.58. The largest absolute Gasteiger partial charge is 0.496 e. The van der Waals surface area contributed by atoms with Crippen LogP contribution in [0.15, 0.2) is 12.1 Å². The summed E-state index contributed by atoms with van der Waals surface area (Å²) in [6.45, 7) is 0.487. The highest BCUT2D eigenvalue weighted by molar-refractivity contribution is 5.46. The van der Waals surface area contributed by atoms with Crippen molar-refractivity contribution in [1.29, 1.82) is 0 Å². The minimum atomic E-state index is -0.0670. The third-order valence-corrected chi connectivity index (χ3v) is 2.27. The smallest absolute Gasteiger partial charge is 0.124 e. The van der Waals surface area contributed by atoms with Crippen molar-refractivity contribution in [3.8, 4) is 11.5 Å². The Hall–Kier alpha value is -1.26. The Bertz CT molecular complexity index is 326. The van der Waals surface area contributed by atoms with E-state index < -0.39 is 0 Å². The summed E-state index contributed by atoms with van der Waals surface area (Å²) in [4.78, 5) is 0. The number of hydrogen-bond donors (Lipinski definition) is 2. The molecule has 3 N–H and O–H groups in total. The average molecular weight is 211 g/mol. The molecule has 0 amide bonds. The van der Waals surface area contributed by atoms with Crippen molar-refractivity contribution in [2.75, 3.05) is 20.8 Å². The van der Waals surface area contributed by atoms with Gasteiger partial charge in [0.25, 0.3) is 0 Å². The van der Waals surface area contributed by atoms with Gasteiger partial charge in [-0.3, -0.25) is 0 Å². The standard InChI is InChI=1S/C11H17NO3/c1-14-10-6-9(7-13)11(15-2)5-8(10)3-4-12/h5-6,13H,3-4,7,12H2,1-2H3. The van der Waals surface area contributed by atoms with E-state index in [9.17, 15) is 0 Å². The molecule has 4 heteroatoms. The van der Waals surface area contributed by atoms with Crippen LogP contribution in [-0.4, -0.2) is 25.9 Å². The van der Waals surface area contributed by atoms with Crippen LogP contribution in [0.2, 0.25) is 0 Å². The molecule has 1 aromatic rings. The zero-order valence-corrected chi connectivity index (χ0v) is 9.12. The van der Waals surface area contributed by atoms with Crippen molar-refractivity contribution in [3.63, 3.8) is 0 Å². The molecule has 15 heavy (non-hydrogen) atoms. The van der Waals surface area contributed by atoms with E-state index in [1.54, 1.807) is 20.3 Å². The summed E-state index contributed by atoms with van der Waals surface area (Å²) in [7, 11) is 3.18. The maximum atomic E-state index is 9.13.